The Morgan fingerprint density at radius 1 is 1.35 bits per heavy atom. The van der Waals surface area contributed by atoms with E-state index in [1.165, 1.54) is 11.3 Å². The summed E-state index contributed by atoms with van der Waals surface area (Å²) in [6, 6.07) is 9.70. The van der Waals surface area contributed by atoms with Gasteiger partial charge in [-0.2, -0.15) is 0 Å². The van der Waals surface area contributed by atoms with Gasteiger partial charge in [0.1, 0.15) is 10.7 Å². The topological polar surface area (TPSA) is 84.1 Å². The smallest absolute Gasteiger partial charge is 0.262 e. The monoisotopic (exact) mass is 371 g/mol. The van der Waals surface area contributed by atoms with E-state index in [1.807, 2.05) is 37.3 Å². The second-order valence-electron chi connectivity index (χ2n) is 6.24. The molecule has 1 atom stereocenters. The van der Waals surface area contributed by atoms with Crippen molar-refractivity contribution in [2.45, 2.75) is 26.3 Å². The zero-order valence-electron chi connectivity index (χ0n) is 15.0. The number of benzene rings is 1. The molecule has 3 aromatic rings. The van der Waals surface area contributed by atoms with Crippen LogP contribution < -0.4 is 10.9 Å². The number of aryl methyl sites for hydroxylation is 1. The summed E-state index contributed by atoms with van der Waals surface area (Å²) in [6.07, 6.45) is 0.537. The van der Waals surface area contributed by atoms with Gasteiger partial charge in [-0.25, -0.2) is 4.98 Å². The fourth-order valence-electron chi connectivity index (χ4n) is 2.86. The highest BCUT2D eigenvalue weighted by atomic mass is 32.1. The maximum atomic E-state index is 12.5. The molecule has 2 heterocycles. The van der Waals surface area contributed by atoms with Crippen LogP contribution in [0.4, 0.5) is 0 Å². The number of nitrogens with one attached hydrogen (secondary N) is 2. The number of carbonyl (C=O) groups is 1. The first-order chi connectivity index (χ1) is 12.5. The van der Waals surface area contributed by atoms with Crippen LogP contribution in [0, 0.1) is 6.92 Å². The van der Waals surface area contributed by atoms with Crippen molar-refractivity contribution < 1.29 is 9.53 Å². The second kappa shape index (κ2) is 7.80. The molecule has 3 rings (SSSR count). The average molecular weight is 371 g/mol. The maximum absolute atomic E-state index is 12.5. The van der Waals surface area contributed by atoms with Crippen molar-refractivity contribution in [1.82, 2.24) is 15.3 Å². The van der Waals surface area contributed by atoms with Crippen LogP contribution in [-0.2, 0) is 11.2 Å². The van der Waals surface area contributed by atoms with Crippen molar-refractivity contribution in [2.24, 2.45) is 0 Å². The van der Waals surface area contributed by atoms with E-state index in [0.717, 1.165) is 5.56 Å². The van der Waals surface area contributed by atoms with Crippen molar-refractivity contribution in [2.75, 3.05) is 13.7 Å². The van der Waals surface area contributed by atoms with Crippen LogP contribution in [0.25, 0.3) is 10.2 Å². The Balaban J connectivity index is 1.93. The molecule has 7 heteroatoms. The minimum Gasteiger partial charge on any atom is -0.383 e. The molecule has 1 amide bonds. The van der Waals surface area contributed by atoms with Crippen LogP contribution in [0.5, 0.6) is 0 Å². The quantitative estimate of drug-likeness (QED) is 0.698. The predicted molar refractivity (Wildman–Crippen MR) is 103 cm³/mol. The number of aromatic nitrogens is 2. The lowest BCUT2D eigenvalue weighted by molar-refractivity contribution is 0.0909. The average Bonchev–Trinajstić information content (AvgIpc) is 2.93. The van der Waals surface area contributed by atoms with E-state index in [2.05, 4.69) is 15.3 Å². The van der Waals surface area contributed by atoms with Crippen molar-refractivity contribution in [3.8, 4) is 0 Å². The molecule has 0 saturated heterocycles. The van der Waals surface area contributed by atoms with Gasteiger partial charge < -0.3 is 15.0 Å². The Kier molecular flexibility index (Phi) is 5.49. The number of H-pyrrole nitrogens is 1. The molecule has 0 unspecified atom stereocenters. The molecule has 0 radical (unpaired) electrons. The number of hydrogen-bond donors (Lipinski definition) is 2. The largest absolute Gasteiger partial charge is 0.383 e. The van der Waals surface area contributed by atoms with E-state index in [1.54, 1.807) is 14.0 Å². The van der Waals surface area contributed by atoms with Gasteiger partial charge in [-0.15, -0.1) is 11.3 Å². The van der Waals surface area contributed by atoms with Gasteiger partial charge in [0, 0.05) is 19.6 Å². The third-order valence-corrected chi connectivity index (χ3v) is 5.25. The van der Waals surface area contributed by atoms with Crippen LogP contribution in [0.2, 0.25) is 0 Å². The van der Waals surface area contributed by atoms with Gasteiger partial charge in [0.2, 0.25) is 0 Å². The summed E-state index contributed by atoms with van der Waals surface area (Å²) in [4.78, 5) is 33.5. The van der Waals surface area contributed by atoms with E-state index in [9.17, 15) is 9.59 Å². The molecule has 0 aliphatic carbocycles. The molecular weight excluding hydrogens is 350 g/mol. The van der Waals surface area contributed by atoms with Crippen LogP contribution in [0.1, 0.15) is 33.5 Å². The number of hydrogen-bond acceptors (Lipinski definition) is 5. The number of carbonyl (C=O) groups excluding carboxylic acids is 1. The summed E-state index contributed by atoms with van der Waals surface area (Å²) < 4.78 is 5.04. The van der Waals surface area contributed by atoms with Crippen LogP contribution >= 0.6 is 11.3 Å². The van der Waals surface area contributed by atoms with Crippen LogP contribution in [-0.4, -0.2) is 35.6 Å². The SMILES string of the molecule is COC[C@@H](C)NC(=O)c1sc2nc(Cc3ccccc3)[nH]c(=O)c2c1C. The Labute approximate surface area is 155 Å². The van der Waals surface area contributed by atoms with Crippen LogP contribution in [0.3, 0.4) is 0 Å². The summed E-state index contributed by atoms with van der Waals surface area (Å²) in [7, 11) is 1.59. The minimum absolute atomic E-state index is 0.114. The number of methoxy groups -OCH3 is 1. The minimum atomic E-state index is -0.210. The lowest BCUT2D eigenvalue weighted by Gasteiger charge is -2.11. The number of nitrogens with zero attached hydrogens (tertiary/aromatic N) is 1. The van der Waals surface area contributed by atoms with Gasteiger partial charge in [0.05, 0.1) is 16.9 Å². The summed E-state index contributed by atoms with van der Waals surface area (Å²) in [5, 5.41) is 3.36. The molecule has 0 saturated carbocycles. The molecule has 136 valence electrons. The zero-order valence-corrected chi connectivity index (χ0v) is 15.8. The van der Waals surface area contributed by atoms with Crippen molar-refractivity contribution in [3.63, 3.8) is 0 Å². The molecule has 1 aromatic carbocycles. The normalized spacial score (nSPS) is 12.3. The van der Waals surface area contributed by atoms with Gasteiger partial charge in [-0.1, -0.05) is 30.3 Å². The first-order valence-corrected chi connectivity index (χ1v) is 9.17. The summed E-state index contributed by atoms with van der Waals surface area (Å²) >= 11 is 1.25. The van der Waals surface area contributed by atoms with E-state index in [-0.39, 0.29) is 17.5 Å². The number of fused-ring (bicyclic) bond motifs is 1. The molecule has 0 aliphatic heterocycles. The Morgan fingerprint density at radius 3 is 2.77 bits per heavy atom. The van der Waals surface area contributed by atoms with Gasteiger partial charge in [-0.05, 0) is 25.0 Å². The molecular formula is C19H21N3O3S. The van der Waals surface area contributed by atoms with Crippen molar-refractivity contribution in [1.29, 1.82) is 0 Å². The molecule has 6 nitrogen and oxygen atoms in total. The summed E-state index contributed by atoms with van der Waals surface area (Å²) in [5.41, 5.74) is 1.51. The highest BCUT2D eigenvalue weighted by molar-refractivity contribution is 7.20. The lowest BCUT2D eigenvalue weighted by Crippen LogP contribution is -2.35. The number of thiophene rings is 1. The van der Waals surface area contributed by atoms with E-state index >= 15 is 0 Å². The molecule has 2 N–H and O–H groups in total. The first-order valence-electron chi connectivity index (χ1n) is 8.35. The zero-order chi connectivity index (χ0) is 18.7. The fraction of sp³-hybridized carbons (Fsp3) is 0.316. The lowest BCUT2D eigenvalue weighted by atomic mass is 10.1. The van der Waals surface area contributed by atoms with Gasteiger partial charge in [0.25, 0.3) is 11.5 Å². The van der Waals surface area contributed by atoms with Crippen molar-refractivity contribution in [3.05, 3.63) is 62.5 Å². The predicted octanol–water partition coefficient (Wildman–Crippen LogP) is 2.65. The van der Waals surface area contributed by atoms with Gasteiger partial charge in [0.15, 0.2) is 0 Å². The standard InChI is InChI=1S/C19H21N3O3S/c1-11(10-25-3)20-18(24)16-12(2)15-17(23)21-14(22-19(15)26-16)9-13-7-5-4-6-8-13/h4-8,11H,9-10H2,1-3H3,(H,20,24)(H,21,22,23)/t11-/m1/s1. The molecule has 2 aromatic heterocycles. The number of ether oxygens (including phenoxy) is 1. The molecule has 0 aliphatic rings. The van der Waals surface area contributed by atoms with E-state index in [0.29, 0.717) is 39.5 Å². The molecule has 0 fully saturated rings. The van der Waals surface area contributed by atoms with Crippen LogP contribution in [0.15, 0.2) is 35.1 Å². The number of amides is 1. The van der Waals surface area contributed by atoms with E-state index < -0.39 is 0 Å². The van der Waals surface area contributed by atoms with E-state index in [4.69, 9.17) is 4.74 Å². The van der Waals surface area contributed by atoms with Gasteiger partial charge >= 0.3 is 0 Å². The first kappa shape index (κ1) is 18.3. The third-order valence-electron chi connectivity index (χ3n) is 4.06. The summed E-state index contributed by atoms with van der Waals surface area (Å²) in [5.74, 6) is 0.383. The Hall–Kier alpha value is -2.51. The van der Waals surface area contributed by atoms with Crippen molar-refractivity contribution >= 4 is 27.5 Å². The summed E-state index contributed by atoms with van der Waals surface area (Å²) in [6.45, 7) is 4.07. The third kappa shape index (κ3) is 3.84. The van der Waals surface area contributed by atoms with Gasteiger partial charge in [-0.3, -0.25) is 9.59 Å². The number of aromatic amines is 1. The second-order valence-corrected chi connectivity index (χ2v) is 7.24. The number of rotatable bonds is 6. The Morgan fingerprint density at radius 2 is 2.08 bits per heavy atom. The maximum Gasteiger partial charge on any atom is 0.262 e. The highest BCUT2D eigenvalue weighted by Gasteiger charge is 2.20. The Bertz CT molecular complexity index is 979. The molecule has 26 heavy (non-hydrogen) atoms. The fourth-order valence-corrected chi connectivity index (χ4v) is 3.96. The molecule has 0 spiro atoms. The molecule has 0 bridgehead atoms. The highest BCUT2D eigenvalue weighted by Crippen LogP contribution is 2.27.